The van der Waals surface area contributed by atoms with E-state index in [0.717, 1.165) is 37.7 Å². The molecule has 298 valence electrons. The first kappa shape index (κ1) is 39.6. The standard InChI is InChI=1S/C41H62O12/c1-20-11-23-5-9-31-21(2)12-28(49-31)7-6-25(43)17-34-36(46)40-41(53-34)37(47)39-32(52-40)10-8-29(50-39)15-26(44)16-30-33(14-24(13-23)22(20)3)51-35(38(30)48-4)18-27(45)19-42/h20,23-24,27-42,45-47H,2-3,5-19H2,1,4H3/t20-,23+,24?,27?,28?,29?,30?,31?,32?,33+,34-,35?,36?,37?,38-,39+,40+,41?/m1/s1. The zero-order valence-electron chi connectivity index (χ0n) is 31.5. The minimum atomic E-state index is -1.09. The molecule has 6 aliphatic heterocycles. The fourth-order valence-corrected chi connectivity index (χ4v) is 10.8. The van der Waals surface area contributed by atoms with Crippen LogP contribution in [0.25, 0.3) is 0 Å². The summed E-state index contributed by atoms with van der Waals surface area (Å²) in [6.07, 6.45) is -0.664. The van der Waals surface area contributed by atoms with Crippen LogP contribution in [0.2, 0.25) is 0 Å². The number of ketones is 2. The number of Topliss-reactive ketones (excluding diaryl/α,β-unsaturated/α-hetero) is 2. The molecule has 7 fully saturated rings. The lowest BCUT2D eigenvalue weighted by Crippen LogP contribution is -2.61. The molecule has 0 aromatic rings. The molecule has 6 heterocycles. The van der Waals surface area contributed by atoms with Gasteiger partial charge in [0, 0.05) is 45.1 Å². The van der Waals surface area contributed by atoms with E-state index in [1.54, 1.807) is 7.11 Å². The van der Waals surface area contributed by atoms with Gasteiger partial charge in [0.1, 0.15) is 42.1 Å². The predicted octanol–water partition coefficient (Wildman–Crippen LogP) is 3.14. The Morgan fingerprint density at radius 3 is 2.30 bits per heavy atom. The van der Waals surface area contributed by atoms with Crippen LogP contribution in [-0.4, -0.2) is 131 Å². The van der Waals surface area contributed by atoms with E-state index in [0.29, 0.717) is 43.9 Å². The largest absolute Gasteiger partial charge is 0.394 e. The fraction of sp³-hybridized carbons (Fsp3) is 0.854. The zero-order valence-corrected chi connectivity index (χ0v) is 31.5. The highest BCUT2D eigenvalue weighted by Gasteiger charge is 2.57. The molecule has 0 radical (unpaired) electrons. The maximum atomic E-state index is 13.9. The lowest BCUT2D eigenvalue weighted by molar-refractivity contribution is -0.259. The van der Waals surface area contributed by atoms with Crippen molar-refractivity contribution in [2.24, 2.45) is 23.7 Å². The molecule has 11 unspecified atom stereocenters. The second-order valence-electron chi connectivity index (χ2n) is 17.4. The van der Waals surface area contributed by atoms with Crippen molar-refractivity contribution in [2.45, 2.75) is 182 Å². The summed E-state index contributed by atoms with van der Waals surface area (Å²) in [6.45, 7) is 10.7. The number of carbonyl (C=O) groups excluding carboxylic acids is 2. The van der Waals surface area contributed by atoms with E-state index in [2.05, 4.69) is 20.1 Å². The van der Waals surface area contributed by atoms with E-state index >= 15 is 0 Å². The Morgan fingerprint density at radius 1 is 0.774 bits per heavy atom. The second kappa shape index (κ2) is 16.9. The molecule has 7 aliphatic rings. The van der Waals surface area contributed by atoms with Gasteiger partial charge in [0.25, 0.3) is 0 Å². The van der Waals surface area contributed by atoms with Gasteiger partial charge in [0.05, 0.1) is 61.5 Å². The number of rotatable bonds is 4. The molecule has 1 saturated carbocycles. The van der Waals surface area contributed by atoms with Gasteiger partial charge in [0.2, 0.25) is 0 Å². The number of ether oxygens (including phenoxy) is 6. The van der Waals surface area contributed by atoms with E-state index in [1.807, 2.05) is 0 Å². The molecule has 53 heavy (non-hydrogen) atoms. The van der Waals surface area contributed by atoms with Crippen LogP contribution in [-0.2, 0) is 38.0 Å². The average molecular weight is 747 g/mol. The Kier molecular flexibility index (Phi) is 12.6. The Hall–Kier alpha value is -1.58. The van der Waals surface area contributed by atoms with Crippen molar-refractivity contribution in [3.05, 3.63) is 24.3 Å². The monoisotopic (exact) mass is 746 g/mol. The molecule has 0 amide bonds. The molecule has 12 nitrogen and oxygen atoms in total. The number of fused-ring (bicyclic) bond motifs is 7. The Balaban J connectivity index is 1.11. The first-order chi connectivity index (χ1) is 25.4. The van der Waals surface area contributed by atoms with Crippen molar-refractivity contribution >= 4 is 11.6 Å². The first-order valence-electron chi connectivity index (χ1n) is 20.3. The van der Waals surface area contributed by atoms with Crippen molar-refractivity contribution < 1.29 is 58.4 Å². The molecule has 6 saturated heterocycles. The van der Waals surface area contributed by atoms with Crippen molar-refractivity contribution in [3.8, 4) is 0 Å². The highest BCUT2D eigenvalue weighted by atomic mass is 16.6. The number of hydrogen-bond donors (Lipinski definition) is 4. The van der Waals surface area contributed by atoms with Gasteiger partial charge < -0.3 is 48.8 Å². The van der Waals surface area contributed by atoms with Gasteiger partial charge in [-0.2, -0.15) is 0 Å². The molecule has 0 aromatic heterocycles. The van der Waals surface area contributed by atoms with Gasteiger partial charge in [-0.15, -0.1) is 0 Å². The van der Waals surface area contributed by atoms with Crippen molar-refractivity contribution in [1.82, 2.24) is 0 Å². The minimum Gasteiger partial charge on any atom is -0.394 e. The molecule has 18 atom stereocenters. The van der Waals surface area contributed by atoms with Crippen molar-refractivity contribution in [2.75, 3.05) is 13.7 Å². The van der Waals surface area contributed by atoms with Gasteiger partial charge in [0.15, 0.2) is 0 Å². The third-order valence-electron chi connectivity index (χ3n) is 13.7. The maximum absolute atomic E-state index is 13.9. The van der Waals surface area contributed by atoms with E-state index in [4.69, 9.17) is 28.4 Å². The van der Waals surface area contributed by atoms with Crippen LogP contribution in [0.15, 0.2) is 24.3 Å². The van der Waals surface area contributed by atoms with Gasteiger partial charge in [-0.3, -0.25) is 9.59 Å². The highest BCUT2D eigenvalue weighted by Crippen LogP contribution is 2.46. The van der Waals surface area contributed by atoms with Crippen LogP contribution in [0.1, 0.15) is 96.8 Å². The average Bonchev–Trinajstić information content (AvgIpc) is 3.76. The molecule has 1 aliphatic carbocycles. The minimum absolute atomic E-state index is 0.00185. The topological polar surface area (TPSA) is 170 Å². The van der Waals surface area contributed by atoms with Gasteiger partial charge in [-0.1, -0.05) is 25.7 Å². The van der Waals surface area contributed by atoms with Crippen LogP contribution < -0.4 is 0 Å². The lowest BCUT2D eigenvalue weighted by atomic mass is 9.68. The van der Waals surface area contributed by atoms with Crippen LogP contribution in [0, 0.1) is 23.7 Å². The smallest absolute Gasteiger partial charge is 0.135 e. The summed E-state index contributed by atoms with van der Waals surface area (Å²) in [5.74, 6) is 0.698. The summed E-state index contributed by atoms with van der Waals surface area (Å²) in [4.78, 5) is 27.0. The molecule has 0 aromatic carbocycles. The summed E-state index contributed by atoms with van der Waals surface area (Å²) < 4.78 is 37.8. The molecule has 7 rings (SSSR count). The number of methoxy groups -OCH3 is 1. The Labute approximate surface area is 313 Å². The van der Waals surface area contributed by atoms with Gasteiger partial charge in [-0.05, 0) is 81.1 Å². The summed E-state index contributed by atoms with van der Waals surface area (Å²) in [5.41, 5.74) is 2.27. The fourth-order valence-electron chi connectivity index (χ4n) is 10.8. The van der Waals surface area contributed by atoms with E-state index in [1.165, 1.54) is 5.57 Å². The molecule has 12 heteroatoms. The predicted molar refractivity (Wildman–Crippen MR) is 192 cm³/mol. The van der Waals surface area contributed by atoms with Crippen molar-refractivity contribution in [3.63, 3.8) is 0 Å². The van der Waals surface area contributed by atoms with Gasteiger partial charge >= 0.3 is 0 Å². The highest BCUT2D eigenvalue weighted by molar-refractivity contribution is 5.79. The lowest BCUT2D eigenvalue weighted by Gasteiger charge is -2.46. The molecule has 0 spiro atoms. The number of carbonyl (C=O) groups is 2. The maximum Gasteiger partial charge on any atom is 0.135 e. The summed E-state index contributed by atoms with van der Waals surface area (Å²) in [7, 11) is 1.61. The van der Waals surface area contributed by atoms with Crippen molar-refractivity contribution in [1.29, 1.82) is 0 Å². The Bertz CT molecular complexity index is 1340. The molecular formula is C41H62O12. The van der Waals surface area contributed by atoms with E-state index in [-0.39, 0.29) is 74.0 Å². The summed E-state index contributed by atoms with van der Waals surface area (Å²) >= 11 is 0. The number of hydrogen-bond acceptors (Lipinski definition) is 12. The van der Waals surface area contributed by atoms with E-state index < -0.39 is 67.1 Å². The number of allylic oxidation sites excluding steroid dienone is 1. The normalized spacial score (nSPS) is 47.7. The molecule has 4 N–H and O–H groups in total. The van der Waals surface area contributed by atoms with Crippen LogP contribution in [0.4, 0.5) is 0 Å². The summed E-state index contributed by atoms with van der Waals surface area (Å²) in [6, 6.07) is 0. The summed E-state index contributed by atoms with van der Waals surface area (Å²) in [5, 5.41) is 42.7. The third kappa shape index (κ3) is 8.57. The van der Waals surface area contributed by atoms with Crippen LogP contribution >= 0.6 is 0 Å². The molecular weight excluding hydrogens is 684 g/mol. The SMILES string of the molecule is C=C1CC2CCC(=O)C[C@H]3OC4C(O)[C@H]5OC(CCC5O[C@H]4C3O)CC(=O)CC3[C@@H](OC)C(CC(O)CO)O[C@H]3CC3C[C@@H](CCC1O2)C[C@@H](C)C3=C. The third-order valence-corrected chi connectivity index (χ3v) is 13.7. The zero-order chi connectivity index (χ0) is 37.6. The van der Waals surface area contributed by atoms with Crippen LogP contribution in [0.5, 0.6) is 0 Å². The first-order valence-corrected chi connectivity index (χ1v) is 20.3. The molecule has 8 bridgehead atoms. The second-order valence-corrected chi connectivity index (χ2v) is 17.4. The number of aliphatic hydroxyl groups excluding tert-OH is 4. The van der Waals surface area contributed by atoms with Crippen LogP contribution in [0.3, 0.4) is 0 Å². The van der Waals surface area contributed by atoms with Gasteiger partial charge in [-0.25, -0.2) is 0 Å². The Morgan fingerprint density at radius 2 is 1.53 bits per heavy atom. The number of aliphatic hydroxyl groups is 4. The quantitative estimate of drug-likeness (QED) is 0.311. The van der Waals surface area contributed by atoms with E-state index in [9.17, 15) is 30.0 Å².